The lowest BCUT2D eigenvalue weighted by Gasteiger charge is -2.20. The molecule has 0 amide bonds. The van der Waals surface area contributed by atoms with E-state index in [1.807, 2.05) is 6.07 Å². The van der Waals surface area contributed by atoms with Gasteiger partial charge in [-0.1, -0.05) is 13.8 Å². The Balaban J connectivity index is 1.83. The van der Waals surface area contributed by atoms with Crippen LogP contribution in [0.25, 0.3) is 0 Å². The number of nitrogens with two attached hydrogens (primary N) is 1. The second-order valence-corrected chi connectivity index (χ2v) is 5.95. The zero-order valence-electron chi connectivity index (χ0n) is 12.6. The third kappa shape index (κ3) is 2.26. The molecular weight excluding hydrogens is 280 g/mol. The Morgan fingerprint density at radius 3 is 3.00 bits per heavy atom. The van der Waals surface area contributed by atoms with E-state index in [-0.39, 0.29) is 23.2 Å². The van der Waals surface area contributed by atoms with E-state index < -0.39 is 0 Å². The van der Waals surface area contributed by atoms with Crippen molar-refractivity contribution in [3.05, 3.63) is 29.0 Å². The number of nitrogens with one attached hydrogen (secondary N) is 1. The van der Waals surface area contributed by atoms with E-state index in [9.17, 15) is 4.79 Å². The Bertz CT molecular complexity index is 764. The summed E-state index contributed by atoms with van der Waals surface area (Å²) in [5.74, 6) is 1.06. The van der Waals surface area contributed by atoms with Gasteiger partial charge in [0.05, 0.1) is 11.9 Å². The lowest BCUT2D eigenvalue weighted by Crippen LogP contribution is -2.29. The summed E-state index contributed by atoms with van der Waals surface area (Å²) < 4.78 is 1.15. The number of nitrogens with zero attached hydrogens (tertiary/aromatic N) is 4. The highest BCUT2D eigenvalue weighted by Crippen LogP contribution is 2.27. The summed E-state index contributed by atoms with van der Waals surface area (Å²) >= 11 is 0. The monoisotopic (exact) mass is 298 g/mol. The first kappa shape index (κ1) is 14.3. The number of rotatable bonds is 2. The molecule has 3 rings (SSSR count). The molecule has 0 aromatic carbocycles. The molecule has 7 nitrogen and oxygen atoms in total. The van der Waals surface area contributed by atoms with Crippen molar-refractivity contribution in [2.24, 2.45) is 5.92 Å². The SMILES string of the molecule is CC(C)c1nc2c([nH]1)C[C@@H](C(=O)n1ncc(C#N)c1N)CC2. The Hall–Kier alpha value is -2.62. The first-order valence-electron chi connectivity index (χ1n) is 7.36. The van der Waals surface area contributed by atoms with Crippen molar-refractivity contribution >= 4 is 11.7 Å². The van der Waals surface area contributed by atoms with Crippen molar-refractivity contribution < 1.29 is 4.79 Å². The van der Waals surface area contributed by atoms with E-state index in [0.717, 1.165) is 34.7 Å². The van der Waals surface area contributed by atoms with E-state index in [1.165, 1.54) is 6.20 Å². The lowest BCUT2D eigenvalue weighted by atomic mass is 9.89. The normalized spacial score (nSPS) is 17.3. The largest absolute Gasteiger partial charge is 0.382 e. The molecule has 2 heterocycles. The zero-order chi connectivity index (χ0) is 15.9. The van der Waals surface area contributed by atoms with Gasteiger partial charge in [-0.2, -0.15) is 15.0 Å². The van der Waals surface area contributed by atoms with Gasteiger partial charge >= 0.3 is 0 Å². The third-order valence-electron chi connectivity index (χ3n) is 4.09. The molecule has 0 bridgehead atoms. The van der Waals surface area contributed by atoms with Crippen LogP contribution in [0.15, 0.2) is 6.20 Å². The summed E-state index contributed by atoms with van der Waals surface area (Å²) in [5, 5.41) is 12.8. The van der Waals surface area contributed by atoms with Crippen LogP contribution in [-0.4, -0.2) is 25.7 Å². The number of fused-ring (bicyclic) bond motifs is 1. The highest BCUT2D eigenvalue weighted by atomic mass is 16.2. The molecule has 2 aromatic rings. The minimum absolute atomic E-state index is 0.116. The van der Waals surface area contributed by atoms with Crippen LogP contribution >= 0.6 is 0 Å². The number of carbonyl (C=O) groups is 1. The molecule has 0 aliphatic heterocycles. The number of aromatic nitrogens is 4. The van der Waals surface area contributed by atoms with Crippen LogP contribution in [-0.2, 0) is 12.8 Å². The van der Waals surface area contributed by atoms with Gasteiger partial charge in [-0.25, -0.2) is 4.98 Å². The van der Waals surface area contributed by atoms with Crippen LogP contribution in [0.3, 0.4) is 0 Å². The van der Waals surface area contributed by atoms with E-state index in [0.29, 0.717) is 12.3 Å². The van der Waals surface area contributed by atoms with Gasteiger partial charge in [0.25, 0.3) is 5.91 Å². The van der Waals surface area contributed by atoms with Crippen LogP contribution in [0, 0.1) is 17.2 Å². The van der Waals surface area contributed by atoms with Crippen molar-refractivity contribution in [2.75, 3.05) is 5.73 Å². The molecule has 0 saturated carbocycles. The molecule has 114 valence electrons. The minimum Gasteiger partial charge on any atom is -0.382 e. The average Bonchev–Trinajstić information content (AvgIpc) is 3.09. The maximum absolute atomic E-state index is 12.6. The fourth-order valence-electron chi connectivity index (χ4n) is 2.78. The van der Waals surface area contributed by atoms with E-state index in [2.05, 4.69) is 28.9 Å². The predicted molar refractivity (Wildman–Crippen MR) is 80.2 cm³/mol. The first-order valence-corrected chi connectivity index (χ1v) is 7.36. The lowest BCUT2D eigenvalue weighted by molar-refractivity contribution is 0.0807. The number of anilines is 1. The highest BCUT2D eigenvalue weighted by Gasteiger charge is 2.30. The molecule has 22 heavy (non-hydrogen) atoms. The molecule has 1 atom stereocenters. The summed E-state index contributed by atoms with van der Waals surface area (Å²) in [6.07, 6.45) is 3.42. The first-order chi connectivity index (χ1) is 10.5. The standard InChI is InChI=1S/C15H18N6O/c1-8(2)14-19-11-4-3-9(5-12(11)20-14)15(22)21-13(17)10(6-16)7-18-21/h7-9H,3-5,17H2,1-2H3,(H,19,20)/t9-/m0/s1. The predicted octanol–water partition coefficient (Wildman–Crippen LogP) is 1.63. The number of H-pyrrole nitrogens is 1. The highest BCUT2D eigenvalue weighted by molar-refractivity contribution is 5.84. The molecule has 2 aromatic heterocycles. The number of carbonyl (C=O) groups excluding carboxylic acids is 1. The molecule has 0 radical (unpaired) electrons. The van der Waals surface area contributed by atoms with Gasteiger partial charge in [-0.3, -0.25) is 4.79 Å². The van der Waals surface area contributed by atoms with E-state index in [1.54, 1.807) is 0 Å². The minimum atomic E-state index is -0.193. The van der Waals surface area contributed by atoms with E-state index in [4.69, 9.17) is 11.0 Å². The van der Waals surface area contributed by atoms with Crippen molar-refractivity contribution in [1.82, 2.24) is 19.7 Å². The number of aryl methyl sites for hydroxylation is 1. The van der Waals surface area contributed by atoms with Crippen LogP contribution in [0.1, 0.15) is 53.8 Å². The average molecular weight is 298 g/mol. The van der Waals surface area contributed by atoms with Crippen LogP contribution in [0.2, 0.25) is 0 Å². The van der Waals surface area contributed by atoms with Gasteiger partial charge in [0.1, 0.15) is 23.3 Å². The molecule has 3 N–H and O–H groups in total. The van der Waals surface area contributed by atoms with Crippen molar-refractivity contribution in [3.8, 4) is 6.07 Å². The Morgan fingerprint density at radius 2 is 2.36 bits per heavy atom. The summed E-state index contributed by atoms with van der Waals surface area (Å²) in [6.45, 7) is 4.17. The molecule has 0 unspecified atom stereocenters. The molecule has 7 heteroatoms. The van der Waals surface area contributed by atoms with Crippen LogP contribution in [0.4, 0.5) is 5.82 Å². The molecule has 1 aliphatic carbocycles. The Kier molecular flexibility index (Phi) is 3.45. The van der Waals surface area contributed by atoms with Gasteiger partial charge in [0, 0.05) is 24.0 Å². The number of nitrogen functional groups attached to an aromatic ring is 1. The maximum atomic E-state index is 12.6. The molecule has 0 fully saturated rings. The maximum Gasteiger partial charge on any atom is 0.252 e. The van der Waals surface area contributed by atoms with Gasteiger partial charge < -0.3 is 10.7 Å². The summed E-state index contributed by atoms with van der Waals surface area (Å²) in [4.78, 5) is 20.5. The Labute approximate surface area is 128 Å². The quantitative estimate of drug-likeness (QED) is 0.874. The zero-order valence-corrected chi connectivity index (χ0v) is 12.6. The van der Waals surface area contributed by atoms with Crippen LogP contribution < -0.4 is 5.73 Å². The number of hydrogen-bond acceptors (Lipinski definition) is 5. The van der Waals surface area contributed by atoms with Crippen molar-refractivity contribution in [1.29, 1.82) is 5.26 Å². The topological polar surface area (TPSA) is 113 Å². The van der Waals surface area contributed by atoms with Crippen LogP contribution in [0.5, 0.6) is 0 Å². The molecule has 0 spiro atoms. The van der Waals surface area contributed by atoms with Gasteiger partial charge in [-0.05, 0) is 12.8 Å². The molecular formula is C15H18N6O. The second kappa shape index (κ2) is 5.30. The summed E-state index contributed by atoms with van der Waals surface area (Å²) in [6, 6.07) is 1.93. The van der Waals surface area contributed by atoms with Crippen molar-refractivity contribution in [2.45, 2.75) is 39.0 Å². The van der Waals surface area contributed by atoms with Gasteiger partial charge in [-0.15, -0.1) is 0 Å². The van der Waals surface area contributed by atoms with Crippen molar-refractivity contribution in [3.63, 3.8) is 0 Å². The number of aromatic amines is 1. The number of hydrogen-bond donors (Lipinski definition) is 2. The number of imidazole rings is 1. The third-order valence-corrected chi connectivity index (χ3v) is 4.09. The smallest absolute Gasteiger partial charge is 0.252 e. The second-order valence-electron chi connectivity index (χ2n) is 5.95. The Morgan fingerprint density at radius 1 is 1.59 bits per heavy atom. The van der Waals surface area contributed by atoms with Gasteiger partial charge in [0.15, 0.2) is 0 Å². The fourth-order valence-corrected chi connectivity index (χ4v) is 2.78. The fraction of sp³-hybridized carbons (Fsp3) is 0.467. The summed E-state index contributed by atoms with van der Waals surface area (Å²) in [7, 11) is 0. The number of nitriles is 1. The molecule has 1 aliphatic rings. The summed E-state index contributed by atoms with van der Waals surface area (Å²) in [5.41, 5.74) is 8.11. The van der Waals surface area contributed by atoms with Gasteiger partial charge in [0.2, 0.25) is 0 Å². The van der Waals surface area contributed by atoms with E-state index >= 15 is 0 Å². The molecule has 0 saturated heterocycles.